The van der Waals surface area contributed by atoms with Crippen LogP contribution in [0.4, 0.5) is 0 Å². The Morgan fingerprint density at radius 3 is 2.36 bits per heavy atom. The van der Waals surface area contributed by atoms with E-state index >= 15 is 0 Å². The van der Waals surface area contributed by atoms with Crippen LogP contribution in [0.15, 0.2) is 35.3 Å². The van der Waals surface area contributed by atoms with Crippen LogP contribution in [0.25, 0.3) is 0 Å². The molecular weight excluding hydrogens is 352 g/mol. The summed E-state index contributed by atoms with van der Waals surface area (Å²) >= 11 is 0. The number of aliphatic imine (C=N–C) groups is 1. The number of guanidine groups is 1. The van der Waals surface area contributed by atoms with Crippen LogP contribution in [0.3, 0.4) is 0 Å². The van der Waals surface area contributed by atoms with E-state index < -0.39 is 0 Å². The average Bonchev–Trinajstić information content (AvgIpc) is 2.67. The number of ether oxygens (including phenoxy) is 1. The van der Waals surface area contributed by atoms with Crippen LogP contribution in [0.1, 0.15) is 58.1 Å². The van der Waals surface area contributed by atoms with Gasteiger partial charge in [0.15, 0.2) is 5.96 Å². The van der Waals surface area contributed by atoms with Crippen LogP contribution in [0.5, 0.6) is 0 Å². The molecule has 0 spiro atoms. The first-order valence-electron chi connectivity index (χ1n) is 10.3. The molecule has 156 valence electrons. The van der Waals surface area contributed by atoms with Crippen LogP contribution in [-0.2, 0) is 9.53 Å². The molecular formula is C22H36N4O2. The summed E-state index contributed by atoms with van der Waals surface area (Å²) in [6.07, 6.45) is 4.81. The second-order valence-corrected chi connectivity index (χ2v) is 8.03. The fraction of sp³-hybridized carbons (Fsp3) is 0.636. The molecule has 1 aliphatic carbocycles. The average molecular weight is 389 g/mol. The third-order valence-electron chi connectivity index (χ3n) is 5.00. The highest BCUT2D eigenvalue weighted by atomic mass is 16.5. The van der Waals surface area contributed by atoms with Gasteiger partial charge in [-0.15, -0.1) is 0 Å². The summed E-state index contributed by atoms with van der Waals surface area (Å²) in [4.78, 5) is 18.1. The number of carbonyl (C=O) groups excluding carboxylic acids is 1. The van der Waals surface area contributed by atoms with Crippen molar-refractivity contribution >= 4 is 11.9 Å². The highest BCUT2D eigenvalue weighted by Crippen LogP contribution is 2.22. The molecule has 0 radical (unpaired) electrons. The van der Waals surface area contributed by atoms with Crippen molar-refractivity contribution in [3.8, 4) is 0 Å². The van der Waals surface area contributed by atoms with Crippen LogP contribution in [0, 0.1) is 0 Å². The monoisotopic (exact) mass is 388 g/mol. The Labute approximate surface area is 169 Å². The molecule has 0 bridgehead atoms. The van der Waals surface area contributed by atoms with E-state index in [4.69, 9.17) is 4.74 Å². The van der Waals surface area contributed by atoms with Crippen LogP contribution in [0.2, 0.25) is 0 Å². The highest BCUT2D eigenvalue weighted by molar-refractivity contribution is 5.85. The summed E-state index contributed by atoms with van der Waals surface area (Å²) in [5, 5.41) is 6.99. The van der Waals surface area contributed by atoms with E-state index in [2.05, 4.69) is 48.5 Å². The first-order valence-corrected chi connectivity index (χ1v) is 10.3. The molecule has 1 aliphatic rings. The minimum Gasteiger partial charge on any atom is -0.376 e. The zero-order valence-electron chi connectivity index (χ0n) is 17.9. The molecule has 0 aromatic heterocycles. The van der Waals surface area contributed by atoms with Crippen molar-refractivity contribution in [2.75, 3.05) is 20.6 Å². The van der Waals surface area contributed by atoms with E-state index in [0.29, 0.717) is 18.1 Å². The molecule has 6 nitrogen and oxygen atoms in total. The molecule has 2 N–H and O–H groups in total. The van der Waals surface area contributed by atoms with E-state index in [1.54, 1.807) is 19.0 Å². The van der Waals surface area contributed by atoms with Gasteiger partial charge in [0.2, 0.25) is 5.91 Å². The van der Waals surface area contributed by atoms with Gasteiger partial charge in [-0.05, 0) is 52.0 Å². The Kier molecular flexibility index (Phi) is 8.77. The molecule has 1 saturated carbocycles. The number of nitrogens with one attached hydrogen (secondary N) is 2. The van der Waals surface area contributed by atoms with Crippen molar-refractivity contribution in [2.45, 2.75) is 70.7 Å². The lowest BCUT2D eigenvalue weighted by Gasteiger charge is -2.31. The van der Waals surface area contributed by atoms with E-state index in [0.717, 1.165) is 25.7 Å². The number of amides is 1. The molecule has 0 heterocycles. The van der Waals surface area contributed by atoms with E-state index in [-0.39, 0.29) is 24.6 Å². The smallest absolute Gasteiger partial charge is 0.243 e. The van der Waals surface area contributed by atoms with E-state index in [1.165, 1.54) is 5.56 Å². The Bertz CT molecular complexity index is 623. The van der Waals surface area contributed by atoms with Gasteiger partial charge in [-0.1, -0.05) is 30.3 Å². The Hall–Kier alpha value is -2.08. The number of nitrogens with zero attached hydrogens (tertiary/aromatic N) is 2. The van der Waals surface area contributed by atoms with Crippen molar-refractivity contribution in [2.24, 2.45) is 4.99 Å². The number of hydrogen-bond acceptors (Lipinski definition) is 3. The van der Waals surface area contributed by atoms with Gasteiger partial charge in [0.25, 0.3) is 0 Å². The molecule has 6 heteroatoms. The molecule has 28 heavy (non-hydrogen) atoms. The summed E-state index contributed by atoms with van der Waals surface area (Å²) in [5.74, 6) is 0.683. The maximum atomic E-state index is 12.0. The van der Waals surface area contributed by atoms with Gasteiger partial charge in [-0.2, -0.15) is 0 Å². The molecule has 2 rings (SSSR count). The van der Waals surface area contributed by atoms with E-state index in [1.807, 2.05) is 18.2 Å². The summed E-state index contributed by atoms with van der Waals surface area (Å²) in [6, 6.07) is 10.7. The van der Waals surface area contributed by atoms with Gasteiger partial charge >= 0.3 is 0 Å². The third kappa shape index (κ3) is 7.50. The van der Waals surface area contributed by atoms with Gasteiger partial charge < -0.3 is 20.3 Å². The lowest BCUT2D eigenvalue weighted by atomic mass is 9.93. The number of rotatable bonds is 7. The van der Waals surface area contributed by atoms with E-state index in [9.17, 15) is 4.79 Å². The number of benzene rings is 1. The van der Waals surface area contributed by atoms with Crippen molar-refractivity contribution in [3.05, 3.63) is 35.9 Å². The van der Waals surface area contributed by atoms with Gasteiger partial charge in [-0.3, -0.25) is 4.79 Å². The van der Waals surface area contributed by atoms with Gasteiger partial charge in [0.05, 0.1) is 18.2 Å². The summed E-state index contributed by atoms with van der Waals surface area (Å²) in [6.45, 7) is 6.42. The number of carbonyl (C=O) groups is 1. The summed E-state index contributed by atoms with van der Waals surface area (Å²) in [7, 11) is 3.50. The summed E-state index contributed by atoms with van der Waals surface area (Å²) < 4.78 is 5.95. The van der Waals surface area contributed by atoms with Crippen molar-refractivity contribution < 1.29 is 9.53 Å². The van der Waals surface area contributed by atoms with Gasteiger partial charge in [0, 0.05) is 20.1 Å². The largest absolute Gasteiger partial charge is 0.376 e. The lowest BCUT2D eigenvalue weighted by molar-refractivity contribution is -0.127. The topological polar surface area (TPSA) is 66.0 Å². The van der Waals surface area contributed by atoms with Crippen LogP contribution < -0.4 is 10.6 Å². The van der Waals surface area contributed by atoms with Gasteiger partial charge in [0.1, 0.15) is 6.54 Å². The number of likely N-dealkylation sites (N-methyl/N-ethyl adjacent to an activating group) is 1. The van der Waals surface area contributed by atoms with Gasteiger partial charge in [-0.25, -0.2) is 4.99 Å². The molecule has 1 aromatic rings. The quantitative estimate of drug-likeness (QED) is 0.556. The predicted molar refractivity (Wildman–Crippen MR) is 114 cm³/mol. The maximum absolute atomic E-state index is 12.0. The maximum Gasteiger partial charge on any atom is 0.243 e. The zero-order chi connectivity index (χ0) is 20.5. The standard InChI is InChI=1S/C22H36N4O2/c1-16(2)28-20-13-11-19(12-14-20)25-22(23-15-21(27)26(4)5)24-17(3)18-9-7-6-8-10-18/h6-10,16-17,19-20H,11-15H2,1-5H3,(H2,23,24,25). The lowest BCUT2D eigenvalue weighted by Crippen LogP contribution is -2.46. The first kappa shape index (κ1) is 22.2. The fourth-order valence-electron chi connectivity index (χ4n) is 3.37. The zero-order valence-corrected chi connectivity index (χ0v) is 17.9. The van der Waals surface area contributed by atoms with Crippen LogP contribution in [-0.4, -0.2) is 55.7 Å². The normalized spacial score (nSPS) is 21.3. The molecule has 0 aliphatic heterocycles. The van der Waals surface area contributed by atoms with Crippen molar-refractivity contribution in [3.63, 3.8) is 0 Å². The molecule has 1 unspecified atom stereocenters. The highest BCUT2D eigenvalue weighted by Gasteiger charge is 2.23. The minimum atomic E-state index is -0.0116. The minimum absolute atomic E-state index is 0.0116. The molecule has 1 atom stereocenters. The second-order valence-electron chi connectivity index (χ2n) is 8.03. The van der Waals surface area contributed by atoms with Crippen molar-refractivity contribution in [1.82, 2.24) is 15.5 Å². The molecule has 0 saturated heterocycles. The molecule has 1 amide bonds. The predicted octanol–water partition coefficient (Wildman–Crippen LogP) is 3.11. The van der Waals surface area contributed by atoms with Crippen LogP contribution >= 0.6 is 0 Å². The molecule has 1 aromatic carbocycles. The number of hydrogen-bond donors (Lipinski definition) is 2. The Morgan fingerprint density at radius 1 is 1.14 bits per heavy atom. The fourth-order valence-corrected chi connectivity index (χ4v) is 3.37. The third-order valence-corrected chi connectivity index (χ3v) is 5.00. The molecule has 1 fully saturated rings. The Balaban J connectivity index is 1.98. The second kappa shape index (κ2) is 11.1. The Morgan fingerprint density at radius 2 is 1.79 bits per heavy atom. The summed E-state index contributed by atoms with van der Waals surface area (Å²) in [5.41, 5.74) is 1.19. The SMILES string of the molecule is CC(C)OC1CCC(NC(=NCC(=O)N(C)C)NC(C)c2ccccc2)CC1. The first-order chi connectivity index (χ1) is 13.3. The van der Waals surface area contributed by atoms with Crippen molar-refractivity contribution in [1.29, 1.82) is 0 Å².